The Balaban J connectivity index is 0.00000104. The van der Waals surface area contributed by atoms with Gasteiger partial charge in [-0.25, -0.2) is 0 Å². The van der Waals surface area contributed by atoms with Crippen LogP contribution in [0.25, 0.3) is 10.9 Å². The molecule has 0 radical (unpaired) electrons. The molecule has 2 fully saturated rings. The Morgan fingerprint density at radius 2 is 2.00 bits per heavy atom. The van der Waals surface area contributed by atoms with Crippen molar-refractivity contribution in [3.8, 4) is 0 Å². The minimum atomic E-state index is -0.0246. The first-order valence-corrected chi connectivity index (χ1v) is 8.17. The molecule has 2 N–H and O–H groups in total. The molecule has 2 aliphatic rings. The number of carbonyl (C=O) groups excluding carboxylic acids is 1. The summed E-state index contributed by atoms with van der Waals surface area (Å²) in [6.45, 7) is 2.68. The van der Waals surface area contributed by atoms with Gasteiger partial charge in [0, 0.05) is 47.6 Å². The molecule has 1 aromatic carbocycles. The Labute approximate surface area is 158 Å². The molecule has 2 heterocycles. The van der Waals surface area contributed by atoms with Crippen molar-refractivity contribution < 1.29 is 4.79 Å². The van der Waals surface area contributed by atoms with Crippen LogP contribution >= 0.6 is 36.4 Å². The highest BCUT2D eigenvalue weighted by molar-refractivity contribution is 6.31. The third kappa shape index (κ3) is 3.94. The van der Waals surface area contributed by atoms with Crippen molar-refractivity contribution in [2.75, 3.05) is 19.6 Å². The van der Waals surface area contributed by atoms with Gasteiger partial charge in [-0.1, -0.05) is 11.6 Å². The number of halogens is 3. The van der Waals surface area contributed by atoms with Crippen molar-refractivity contribution in [2.45, 2.75) is 18.8 Å². The number of nitrogens with zero attached hydrogens (tertiary/aromatic N) is 1. The van der Waals surface area contributed by atoms with E-state index in [-0.39, 0.29) is 30.7 Å². The quantitative estimate of drug-likeness (QED) is 0.842. The number of aromatic nitrogens is 1. The van der Waals surface area contributed by atoms with Gasteiger partial charge in [0.05, 0.1) is 11.1 Å². The largest absolute Gasteiger partial charge is 0.352 e. The number of amides is 1. The minimum Gasteiger partial charge on any atom is -0.352 e. The molecule has 0 unspecified atom stereocenters. The lowest BCUT2D eigenvalue weighted by Gasteiger charge is -2.27. The van der Waals surface area contributed by atoms with Crippen molar-refractivity contribution in [3.63, 3.8) is 0 Å². The molecule has 4 nitrogen and oxygen atoms in total. The highest BCUT2D eigenvalue weighted by Crippen LogP contribution is 2.40. The molecular formula is C17H20Cl3N3O. The number of hydrogen-bond donors (Lipinski definition) is 2. The number of pyridine rings is 1. The maximum Gasteiger partial charge on any atom is 0.252 e. The third-order valence-electron chi connectivity index (χ3n) is 4.45. The number of hydrogen-bond acceptors (Lipinski definition) is 3. The van der Waals surface area contributed by atoms with Gasteiger partial charge >= 0.3 is 0 Å². The molecule has 4 rings (SSSR count). The van der Waals surface area contributed by atoms with Crippen LogP contribution in [0.2, 0.25) is 5.02 Å². The molecular weight excluding hydrogens is 369 g/mol. The monoisotopic (exact) mass is 387 g/mol. The molecule has 24 heavy (non-hydrogen) atoms. The van der Waals surface area contributed by atoms with Gasteiger partial charge in [-0.05, 0) is 37.1 Å². The molecule has 1 amide bonds. The van der Waals surface area contributed by atoms with E-state index in [4.69, 9.17) is 16.6 Å². The Morgan fingerprint density at radius 3 is 2.62 bits per heavy atom. The molecule has 1 saturated carbocycles. The Hall–Kier alpha value is -1.07. The van der Waals surface area contributed by atoms with E-state index in [1.54, 1.807) is 0 Å². The van der Waals surface area contributed by atoms with Crippen molar-refractivity contribution in [2.24, 2.45) is 5.92 Å². The van der Waals surface area contributed by atoms with Crippen LogP contribution in [0.15, 0.2) is 24.3 Å². The second-order valence-electron chi connectivity index (χ2n) is 6.26. The van der Waals surface area contributed by atoms with Crippen LogP contribution < -0.4 is 10.6 Å². The molecule has 130 valence electrons. The smallest absolute Gasteiger partial charge is 0.252 e. The summed E-state index contributed by atoms with van der Waals surface area (Å²) in [5.41, 5.74) is 2.58. The van der Waals surface area contributed by atoms with Crippen LogP contribution in [0, 0.1) is 5.92 Å². The normalized spacial score (nSPS) is 16.7. The van der Waals surface area contributed by atoms with Crippen molar-refractivity contribution in [3.05, 3.63) is 40.5 Å². The van der Waals surface area contributed by atoms with Crippen LogP contribution in [0.4, 0.5) is 0 Å². The first-order chi connectivity index (χ1) is 10.7. The van der Waals surface area contributed by atoms with Gasteiger partial charge in [0.15, 0.2) is 0 Å². The zero-order chi connectivity index (χ0) is 15.1. The lowest BCUT2D eigenvalue weighted by Crippen LogP contribution is -2.48. The summed E-state index contributed by atoms with van der Waals surface area (Å²) in [7, 11) is 0. The number of benzene rings is 1. The van der Waals surface area contributed by atoms with Gasteiger partial charge in [-0.2, -0.15) is 0 Å². The maximum atomic E-state index is 12.6. The van der Waals surface area contributed by atoms with Crippen molar-refractivity contribution >= 4 is 53.2 Å². The van der Waals surface area contributed by atoms with E-state index in [0.717, 1.165) is 36.2 Å². The highest BCUT2D eigenvalue weighted by atomic mass is 35.5. The van der Waals surface area contributed by atoms with Crippen LogP contribution in [-0.2, 0) is 0 Å². The topological polar surface area (TPSA) is 54.0 Å². The van der Waals surface area contributed by atoms with Gasteiger partial charge in [0.25, 0.3) is 5.91 Å². The number of fused-ring (bicyclic) bond motifs is 1. The standard InChI is InChI=1S/C17H18ClN3O.2ClH/c18-12-3-4-15-13(5-12)14(6-16(21-15)11-1-2-11)17(22)20-9-10-7-19-8-10;;/h3-6,10-11,19H,1-2,7-9H2,(H,20,22);2*1H. The predicted molar refractivity (Wildman–Crippen MR) is 102 cm³/mol. The summed E-state index contributed by atoms with van der Waals surface area (Å²) in [4.78, 5) is 17.3. The zero-order valence-electron chi connectivity index (χ0n) is 13.0. The molecule has 0 atom stereocenters. The first kappa shape index (κ1) is 19.3. The van der Waals surface area contributed by atoms with E-state index in [2.05, 4.69) is 10.6 Å². The van der Waals surface area contributed by atoms with Gasteiger partial charge in [-0.15, -0.1) is 24.8 Å². The fourth-order valence-corrected chi connectivity index (χ4v) is 2.99. The van der Waals surface area contributed by atoms with Gasteiger partial charge in [0.1, 0.15) is 0 Å². The third-order valence-corrected chi connectivity index (χ3v) is 4.68. The van der Waals surface area contributed by atoms with Crippen LogP contribution in [0.3, 0.4) is 0 Å². The molecule has 2 aromatic rings. The molecule has 1 aromatic heterocycles. The van der Waals surface area contributed by atoms with Crippen molar-refractivity contribution in [1.29, 1.82) is 0 Å². The fourth-order valence-electron chi connectivity index (χ4n) is 2.82. The van der Waals surface area contributed by atoms with Crippen LogP contribution in [-0.4, -0.2) is 30.5 Å². The lowest BCUT2D eigenvalue weighted by molar-refractivity contribution is 0.0943. The maximum absolute atomic E-state index is 12.6. The second-order valence-corrected chi connectivity index (χ2v) is 6.70. The first-order valence-electron chi connectivity index (χ1n) is 7.80. The van der Waals surface area contributed by atoms with E-state index >= 15 is 0 Å². The SMILES string of the molecule is Cl.Cl.O=C(NCC1CNC1)c1cc(C2CC2)nc2ccc(Cl)cc12. The molecule has 1 saturated heterocycles. The van der Waals surface area contributed by atoms with E-state index in [9.17, 15) is 4.79 Å². The average molecular weight is 389 g/mol. The lowest BCUT2D eigenvalue weighted by atomic mass is 10.0. The fraction of sp³-hybridized carbons (Fsp3) is 0.412. The summed E-state index contributed by atoms with van der Waals surface area (Å²) >= 11 is 6.10. The van der Waals surface area contributed by atoms with Gasteiger partial charge in [0.2, 0.25) is 0 Å². The highest BCUT2D eigenvalue weighted by Gasteiger charge is 2.27. The Kier molecular flexibility index (Phi) is 6.32. The van der Waals surface area contributed by atoms with E-state index in [1.165, 1.54) is 12.8 Å². The molecule has 7 heteroatoms. The number of carbonyl (C=O) groups is 1. The summed E-state index contributed by atoms with van der Waals surface area (Å²) in [5.74, 6) is 1.04. The zero-order valence-corrected chi connectivity index (χ0v) is 15.4. The van der Waals surface area contributed by atoms with Gasteiger partial charge in [-0.3, -0.25) is 9.78 Å². The Morgan fingerprint density at radius 1 is 1.25 bits per heavy atom. The molecule has 0 bridgehead atoms. The van der Waals surface area contributed by atoms with Crippen LogP contribution in [0.1, 0.15) is 34.8 Å². The van der Waals surface area contributed by atoms with Crippen molar-refractivity contribution in [1.82, 2.24) is 15.6 Å². The summed E-state index contributed by atoms with van der Waals surface area (Å²) in [6, 6.07) is 7.51. The van der Waals surface area contributed by atoms with Crippen LogP contribution in [0.5, 0.6) is 0 Å². The molecule has 1 aliphatic carbocycles. The van der Waals surface area contributed by atoms with Gasteiger partial charge < -0.3 is 10.6 Å². The van der Waals surface area contributed by atoms with E-state index < -0.39 is 0 Å². The number of rotatable bonds is 4. The second kappa shape index (κ2) is 7.87. The van der Waals surface area contributed by atoms with E-state index in [1.807, 2.05) is 24.3 Å². The summed E-state index contributed by atoms with van der Waals surface area (Å²) in [6.07, 6.45) is 2.34. The average Bonchev–Trinajstić information content (AvgIpc) is 3.29. The summed E-state index contributed by atoms with van der Waals surface area (Å²) in [5, 5.41) is 7.73. The van der Waals surface area contributed by atoms with E-state index in [0.29, 0.717) is 22.4 Å². The minimum absolute atomic E-state index is 0. The summed E-state index contributed by atoms with van der Waals surface area (Å²) < 4.78 is 0. The Bertz CT molecular complexity index is 745. The predicted octanol–water partition coefficient (Wildman–Crippen LogP) is 3.56. The molecule has 1 aliphatic heterocycles. The molecule has 0 spiro atoms. The number of nitrogens with one attached hydrogen (secondary N) is 2.